The molecular weight excluding hydrogens is 333 g/mol. The Balaban J connectivity index is 2.17. The molecule has 1 aromatic carbocycles. The van der Waals surface area contributed by atoms with Gasteiger partial charge in [-0.2, -0.15) is 5.10 Å². The first-order chi connectivity index (χ1) is 10.8. The lowest BCUT2D eigenvalue weighted by atomic mass is 10.1. The predicted molar refractivity (Wildman–Crippen MR) is 94.1 cm³/mol. The molecule has 0 bridgehead atoms. The van der Waals surface area contributed by atoms with Crippen molar-refractivity contribution >= 4 is 29.1 Å². The number of rotatable bonds is 5. The molecule has 23 heavy (non-hydrogen) atoms. The molecule has 1 aromatic heterocycles. The summed E-state index contributed by atoms with van der Waals surface area (Å²) >= 11 is 12.2. The summed E-state index contributed by atoms with van der Waals surface area (Å²) in [4.78, 5) is 12.6. The Morgan fingerprint density at radius 3 is 2.39 bits per heavy atom. The third kappa shape index (κ3) is 4.27. The van der Waals surface area contributed by atoms with Crippen LogP contribution in [0.15, 0.2) is 24.3 Å². The topological polar surface area (TPSA) is 46.9 Å². The van der Waals surface area contributed by atoms with Crippen molar-refractivity contribution in [1.82, 2.24) is 15.1 Å². The van der Waals surface area contributed by atoms with Crippen molar-refractivity contribution in [3.63, 3.8) is 0 Å². The van der Waals surface area contributed by atoms with E-state index in [1.54, 1.807) is 23.7 Å². The number of halogens is 2. The van der Waals surface area contributed by atoms with Crippen molar-refractivity contribution < 1.29 is 4.79 Å². The molecule has 0 saturated carbocycles. The Bertz CT molecular complexity index is 693. The number of aromatic nitrogens is 2. The van der Waals surface area contributed by atoms with E-state index in [0.717, 1.165) is 5.56 Å². The van der Waals surface area contributed by atoms with Gasteiger partial charge in [0, 0.05) is 11.6 Å². The number of hydrogen-bond acceptors (Lipinski definition) is 2. The molecule has 2 rings (SSSR count). The van der Waals surface area contributed by atoms with E-state index in [1.165, 1.54) is 0 Å². The quantitative estimate of drug-likeness (QED) is 0.850. The average Bonchev–Trinajstić information content (AvgIpc) is 2.73. The van der Waals surface area contributed by atoms with Crippen LogP contribution in [-0.4, -0.2) is 15.7 Å². The molecule has 1 heterocycles. The standard InChI is InChI=1S/C17H21Cl2N3O/c1-10(2)9-22-16(19)15(12(4)21-22)17(23)20-11(3)13-5-7-14(18)8-6-13/h5-8,10-11H,9H2,1-4H3,(H,20,23)/t11-/m0/s1. The molecule has 0 radical (unpaired) electrons. The number of aryl methyl sites for hydroxylation is 1. The molecule has 0 fully saturated rings. The summed E-state index contributed by atoms with van der Waals surface area (Å²) in [5.41, 5.74) is 2.05. The lowest BCUT2D eigenvalue weighted by molar-refractivity contribution is 0.0939. The minimum absolute atomic E-state index is 0.149. The summed E-state index contributed by atoms with van der Waals surface area (Å²) in [7, 11) is 0. The van der Waals surface area contributed by atoms with Crippen molar-refractivity contribution in [3.8, 4) is 0 Å². The highest BCUT2D eigenvalue weighted by Gasteiger charge is 2.22. The SMILES string of the molecule is Cc1nn(CC(C)C)c(Cl)c1C(=O)N[C@@H](C)c1ccc(Cl)cc1. The Labute approximate surface area is 146 Å². The summed E-state index contributed by atoms with van der Waals surface area (Å²) < 4.78 is 1.68. The van der Waals surface area contributed by atoms with Crippen LogP contribution >= 0.6 is 23.2 Å². The number of carbonyl (C=O) groups excluding carboxylic acids is 1. The molecular formula is C17H21Cl2N3O. The van der Waals surface area contributed by atoms with E-state index >= 15 is 0 Å². The van der Waals surface area contributed by atoms with Gasteiger partial charge in [-0.3, -0.25) is 9.48 Å². The van der Waals surface area contributed by atoms with Gasteiger partial charge in [-0.15, -0.1) is 0 Å². The van der Waals surface area contributed by atoms with Crippen LogP contribution < -0.4 is 5.32 Å². The van der Waals surface area contributed by atoms with Gasteiger partial charge in [-0.25, -0.2) is 0 Å². The molecule has 0 aliphatic heterocycles. The summed E-state index contributed by atoms with van der Waals surface area (Å²) in [6.45, 7) is 8.55. The number of benzene rings is 1. The maximum atomic E-state index is 12.6. The Morgan fingerprint density at radius 1 is 1.22 bits per heavy atom. The molecule has 6 heteroatoms. The highest BCUT2D eigenvalue weighted by molar-refractivity contribution is 6.33. The molecule has 1 amide bonds. The summed E-state index contributed by atoms with van der Waals surface area (Å²) in [6.07, 6.45) is 0. The number of nitrogens with zero attached hydrogens (tertiary/aromatic N) is 2. The third-order valence-electron chi connectivity index (χ3n) is 3.55. The second-order valence-corrected chi connectivity index (χ2v) is 6.87. The van der Waals surface area contributed by atoms with E-state index in [9.17, 15) is 4.79 Å². The van der Waals surface area contributed by atoms with E-state index < -0.39 is 0 Å². The van der Waals surface area contributed by atoms with Crippen molar-refractivity contribution in [1.29, 1.82) is 0 Å². The fourth-order valence-electron chi connectivity index (χ4n) is 2.38. The van der Waals surface area contributed by atoms with Crippen LogP contribution in [0.4, 0.5) is 0 Å². The molecule has 1 N–H and O–H groups in total. The van der Waals surface area contributed by atoms with Crippen LogP contribution in [0.1, 0.15) is 48.4 Å². The van der Waals surface area contributed by atoms with Crippen molar-refractivity contribution in [2.24, 2.45) is 5.92 Å². The first-order valence-corrected chi connectivity index (χ1v) is 8.34. The maximum Gasteiger partial charge on any atom is 0.256 e. The van der Waals surface area contributed by atoms with Gasteiger partial charge in [0.25, 0.3) is 5.91 Å². The van der Waals surface area contributed by atoms with Gasteiger partial charge in [0.05, 0.1) is 17.3 Å². The van der Waals surface area contributed by atoms with E-state index in [4.69, 9.17) is 23.2 Å². The number of amides is 1. The van der Waals surface area contributed by atoms with Gasteiger partial charge in [0.2, 0.25) is 0 Å². The smallest absolute Gasteiger partial charge is 0.256 e. The van der Waals surface area contributed by atoms with Crippen LogP contribution in [0, 0.1) is 12.8 Å². The van der Waals surface area contributed by atoms with Gasteiger partial charge >= 0.3 is 0 Å². The van der Waals surface area contributed by atoms with Crippen LogP contribution in [-0.2, 0) is 6.54 Å². The van der Waals surface area contributed by atoms with Gasteiger partial charge in [0.1, 0.15) is 5.15 Å². The van der Waals surface area contributed by atoms with E-state index in [-0.39, 0.29) is 11.9 Å². The maximum absolute atomic E-state index is 12.6. The van der Waals surface area contributed by atoms with Gasteiger partial charge in [-0.05, 0) is 37.5 Å². The normalized spacial score (nSPS) is 12.5. The highest BCUT2D eigenvalue weighted by atomic mass is 35.5. The van der Waals surface area contributed by atoms with Crippen molar-refractivity contribution in [3.05, 3.63) is 51.3 Å². The molecule has 0 saturated heterocycles. The number of carbonyl (C=O) groups is 1. The lowest BCUT2D eigenvalue weighted by Crippen LogP contribution is -2.27. The Kier molecular flexibility index (Phi) is 5.71. The fourth-order valence-corrected chi connectivity index (χ4v) is 2.84. The third-order valence-corrected chi connectivity index (χ3v) is 4.18. The molecule has 0 aliphatic carbocycles. The van der Waals surface area contributed by atoms with E-state index in [2.05, 4.69) is 24.3 Å². The summed E-state index contributed by atoms with van der Waals surface area (Å²) in [5, 5.41) is 8.38. The molecule has 1 atom stereocenters. The van der Waals surface area contributed by atoms with Crippen LogP contribution in [0.25, 0.3) is 0 Å². The van der Waals surface area contributed by atoms with Gasteiger partial charge in [-0.1, -0.05) is 49.2 Å². The average molecular weight is 354 g/mol. The molecule has 0 unspecified atom stereocenters. The Hall–Kier alpha value is -1.52. The van der Waals surface area contributed by atoms with E-state index in [1.807, 2.05) is 19.1 Å². The lowest BCUT2D eigenvalue weighted by Gasteiger charge is -2.14. The first kappa shape index (κ1) is 17.8. The minimum Gasteiger partial charge on any atom is -0.345 e. The molecule has 0 aliphatic rings. The largest absolute Gasteiger partial charge is 0.345 e. The Morgan fingerprint density at radius 2 is 1.83 bits per heavy atom. The number of hydrogen-bond donors (Lipinski definition) is 1. The van der Waals surface area contributed by atoms with Crippen LogP contribution in [0.5, 0.6) is 0 Å². The zero-order valence-electron chi connectivity index (χ0n) is 13.7. The number of nitrogens with one attached hydrogen (secondary N) is 1. The first-order valence-electron chi connectivity index (χ1n) is 7.58. The van der Waals surface area contributed by atoms with Gasteiger partial charge < -0.3 is 5.32 Å². The highest BCUT2D eigenvalue weighted by Crippen LogP contribution is 2.22. The second-order valence-electron chi connectivity index (χ2n) is 6.07. The summed E-state index contributed by atoms with van der Waals surface area (Å²) in [5.74, 6) is 0.181. The molecule has 0 spiro atoms. The van der Waals surface area contributed by atoms with Crippen LogP contribution in [0.3, 0.4) is 0 Å². The zero-order valence-corrected chi connectivity index (χ0v) is 15.2. The monoisotopic (exact) mass is 353 g/mol. The second kappa shape index (κ2) is 7.37. The zero-order chi connectivity index (χ0) is 17.1. The predicted octanol–water partition coefficient (Wildman–Crippen LogP) is 4.65. The molecule has 124 valence electrons. The van der Waals surface area contributed by atoms with Crippen LogP contribution in [0.2, 0.25) is 10.2 Å². The van der Waals surface area contributed by atoms with Crippen molar-refractivity contribution in [2.45, 2.75) is 40.3 Å². The minimum atomic E-state index is -0.218. The van der Waals surface area contributed by atoms with Gasteiger partial charge in [0.15, 0.2) is 0 Å². The van der Waals surface area contributed by atoms with E-state index in [0.29, 0.717) is 33.9 Å². The molecule has 2 aromatic rings. The van der Waals surface area contributed by atoms with Crippen molar-refractivity contribution in [2.75, 3.05) is 0 Å². The fraction of sp³-hybridized carbons (Fsp3) is 0.412. The summed E-state index contributed by atoms with van der Waals surface area (Å²) in [6, 6.07) is 7.24. The molecule has 4 nitrogen and oxygen atoms in total.